The van der Waals surface area contributed by atoms with Crippen molar-refractivity contribution in [2.75, 3.05) is 39.5 Å². The van der Waals surface area contributed by atoms with Crippen LogP contribution in [-0.4, -0.2) is 66.5 Å². The van der Waals surface area contributed by atoms with Crippen LogP contribution in [-0.2, 0) is 14.3 Å². The Morgan fingerprint density at radius 1 is 0.968 bits per heavy atom. The molecular formula is C24H31NO6. The molecule has 168 valence electrons. The van der Waals surface area contributed by atoms with Crippen LogP contribution in [0, 0.1) is 5.92 Å². The van der Waals surface area contributed by atoms with Crippen LogP contribution in [0.15, 0.2) is 54.6 Å². The van der Waals surface area contributed by atoms with E-state index in [2.05, 4.69) is 42.2 Å². The van der Waals surface area contributed by atoms with Crippen LogP contribution >= 0.6 is 0 Å². The highest BCUT2D eigenvalue weighted by molar-refractivity contribution is 6.27. The fourth-order valence-electron chi connectivity index (χ4n) is 3.44. The number of nitrogens with zero attached hydrogens (tertiary/aromatic N) is 1. The lowest BCUT2D eigenvalue weighted by atomic mass is 10.0. The van der Waals surface area contributed by atoms with E-state index in [0.29, 0.717) is 13.2 Å². The van der Waals surface area contributed by atoms with Crippen LogP contribution in [0.2, 0.25) is 0 Å². The van der Waals surface area contributed by atoms with Gasteiger partial charge < -0.3 is 24.6 Å². The minimum Gasteiger partial charge on any atom is -0.491 e. The Hall–Kier alpha value is -2.90. The van der Waals surface area contributed by atoms with Crippen LogP contribution in [0.25, 0.3) is 11.1 Å². The molecule has 0 aliphatic carbocycles. The molecule has 0 bridgehead atoms. The highest BCUT2D eigenvalue weighted by Crippen LogP contribution is 2.29. The molecule has 1 aliphatic rings. The van der Waals surface area contributed by atoms with Crippen molar-refractivity contribution in [3.8, 4) is 16.9 Å². The van der Waals surface area contributed by atoms with Crippen LogP contribution < -0.4 is 4.74 Å². The molecule has 0 saturated carbocycles. The molecule has 1 aliphatic heterocycles. The van der Waals surface area contributed by atoms with E-state index in [1.165, 1.54) is 31.5 Å². The molecule has 1 fully saturated rings. The molecule has 0 aromatic heterocycles. The summed E-state index contributed by atoms with van der Waals surface area (Å²) in [5.74, 6) is -1.90. The molecule has 1 saturated heterocycles. The maximum Gasteiger partial charge on any atom is 0.414 e. The third kappa shape index (κ3) is 9.19. The van der Waals surface area contributed by atoms with Crippen LogP contribution in [0.5, 0.6) is 5.75 Å². The average molecular weight is 430 g/mol. The minimum atomic E-state index is -1.82. The van der Waals surface area contributed by atoms with E-state index in [4.69, 9.17) is 29.3 Å². The number of hydrogen-bond acceptors (Lipinski definition) is 5. The van der Waals surface area contributed by atoms with Crippen LogP contribution in [0.3, 0.4) is 0 Å². The molecule has 0 amide bonds. The number of rotatable bonds is 8. The van der Waals surface area contributed by atoms with Crippen molar-refractivity contribution < 1.29 is 29.3 Å². The number of likely N-dealkylation sites (tertiary alicyclic amines) is 1. The average Bonchev–Trinajstić information content (AvgIpc) is 2.77. The van der Waals surface area contributed by atoms with Gasteiger partial charge in [0, 0.05) is 18.7 Å². The first-order valence-corrected chi connectivity index (χ1v) is 10.5. The van der Waals surface area contributed by atoms with Crippen molar-refractivity contribution in [1.29, 1.82) is 0 Å². The topological polar surface area (TPSA) is 96.3 Å². The Bertz CT molecular complexity index is 799. The summed E-state index contributed by atoms with van der Waals surface area (Å²) in [4.78, 5) is 20.7. The molecule has 1 unspecified atom stereocenters. The first-order chi connectivity index (χ1) is 15.0. The minimum absolute atomic E-state index is 0.584. The summed E-state index contributed by atoms with van der Waals surface area (Å²) < 4.78 is 11.7. The standard InChI is InChI=1S/C22H29NO2.C2H2O4/c1-19-8-7-13-23(18-19)14-15-24-16-17-25-22-12-6-5-11-21(22)20-9-3-2-4-10-20;3-1(4)2(5)6/h2-6,9-12,19H,7-8,13-18H2,1H3;(H,3,4)(H,5,6). The number of piperidine rings is 1. The number of carbonyl (C=O) groups is 2. The molecule has 2 aromatic carbocycles. The van der Waals surface area contributed by atoms with E-state index in [9.17, 15) is 0 Å². The van der Waals surface area contributed by atoms with Gasteiger partial charge in [-0.15, -0.1) is 0 Å². The zero-order valence-electron chi connectivity index (χ0n) is 17.9. The Morgan fingerprint density at radius 3 is 2.32 bits per heavy atom. The number of para-hydroxylation sites is 1. The summed E-state index contributed by atoms with van der Waals surface area (Å²) in [6, 6.07) is 18.5. The van der Waals surface area contributed by atoms with Gasteiger partial charge in [-0.3, -0.25) is 0 Å². The highest BCUT2D eigenvalue weighted by atomic mass is 16.5. The monoisotopic (exact) mass is 429 g/mol. The van der Waals surface area contributed by atoms with E-state index in [1.807, 2.05) is 24.3 Å². The maximum absolute atomic E-state index is 9.10. The third-order valence-electron chi connectivity index (χ3n) is 4.93. The number of ether oxygens (including phenoxy) is 2. The van der Waals surface area contributed by atoms with Gasteiger partial charge in [0.2, 0.25) is 0 Å². The molecule has 2 aromatic rings. The summed E-state index contributed by atoms with van der Waals surface area (Å²) in [5, 5.41) is 14.8. The van der Waals surface area contributed by atoms with Gasteiger partial charge in [0.15, 0.2) is 0 Å². The maximum atomic E-state index is 9.10. The Kier molecular flexibility index (Phi) is 10.5. The first kappa shape index (κ1) is 24.4. The van der Waals surface area contributed by atoms with Gasteiger partial charge in [0.25, 0.3) is 0 Å². The first-order valence-electron chi connectivity index (χ1n) is 10.5. The molecule has 7 heteroatoms. The molecule has 0 radical (unpaired) electrons. The van der Waals surface area contributed by atoms with Gasteiger partial charge in [-0.1, -0.05) is 55.5 Å². The van der Waals surface area contributed by atoms with Crippen LogP contribution in [0.4, 0.5) is 0 Å². The fraction of sp³-hybridized carbons (Fsp3) is 0.417. The van der Waals surface area contributed by atoms with Crippen molar-refractivity contribution in [1.82, 2.24) is 4.90 Å². The van der Waals surface area contributed by atoms with Gasteiger partial charge >= 0.3 is 11.9 Å². The Balaban J connectivity index is 0.000000501. The summed E-state index contributed by atoms with van der Waals surface area (Å²) in [5.41, 5.74) is 2.31. The number of carboxylic acids is 2. The molecule has 2 N–H and O–H groups in total. The molecule has 31 heavy (non-hydrogen) atoms. The largest absolute Gasteiger partial charge is 0.491 e. The number of carboxylic acid groups (broad SMARTS) is 2. The second-order valence-corrected chi connectivity index (χ2v) is 7.48. The Morgan fingerprint density at radius 2 is 1.65 bits per heavy atom. The number of hydrogen-bond donors (Lipinski definition) is 2. The van der Waals surface area contributed by atoms with Gasteiger partial charge in [0.05, 0.1) is 13.2 Å². The SMILES string of the molecule is CC1CCCN(CCOCCOc2ccccc2-c2ccccc2)C1.O=C(O)C(=O)O. The van der Waals surface area contributed by atoms with Crippen molar-refractivity contribution in [2.24, 2.45) is 5.92 Å². The molecule has 1 atom stereocenters. The predicted molar refractivity (Wildman–Crippen MR) is 118 cm³/mol. The lowest BCUT2D eigenvalue weighted by molar-refractivity contribution is -0.159. The lowest BCUT2D eigenvalue weighted by Gasteiger charge is -2.30. The second-order valence-electron chi connectivity index (χ2n) is 7.48. The summed E-state index contributed by atoms with van der Waals surface area (Å²) in [6.07, 6.45) is 2.69. The molecule has 7 nitrogen and oxygen atoms in total. The number of aliphatic carboxylic acids is 2. The molecule has 0 spiro atoms. The van der Waals surface area contributed by atoms with Crippen molar-refractivity contribution in [2.45, 2.75) is 19.8 Å². The van der Waals surface area contributed by atoms with Crippen LogP contribution in [0.1, 0.15) is 19.8 Å². The second kappa shape index (κ2) is 13.4. The van der Waals surface area contributed by atoms with Gasteiger partial charge in [-0.25, -0.2) is 9.59 Å². The van der Waals surface area contributed by atoms with Gasteiger partial charge in [-0.05, 0) is 36.9 Å². The smallest absolute Gasteiger partial charge is 0.414 e. The molecular weight excluding hydrogens is 398 g/mol. The summed E-state index contributed by atoms with van der Waals surface area (Å²) in [6.45, 7) is 7.80. The van der Waals surface area contributed by atoms with Crippen molar-refractivity contribution in [3.63, 3.8) is 0 Å². The summed E-state index contributed by atoms with van der Waals surface area (Å²) >= 11 is 0. The van der Waals surface area contributed by atoms with Crippen molar-refractivity contribution >= 4 is 11.9 Å². The zero-order chi connectivity index (χ0) is 22.5. The zero-order valence-corrected chi connectivity index (χ0v) is 17.9. The Labute approximate surface area is 183 Å². The highest BCUT2D eigenvalue weighted by Gasteiger charge is 2.15. The van der Waals surface area contributed by atoms with Gasteiger partial charge in [0.1, 0.15) is 12.4 Å². The van der Waals surface area contributed by atoms with E-state index in [0.717, 1.165) is 30.4 Å². The van der Waals surface area contributed by atoms with Gasteiger partial charge in [-0.2, -0.15) is 0 Å². The van der Waals surface area contributed by atoms with E-state index >= 15 is 0 Å². The predicted octanol–water partition coefficient (Wildman–Crippen LogP) is 3.64. The lowest BCUT2D eigenvalue weighted by Crippen LogP contribution is -2.36. The van der Waals surface area contributed by atoms with E-state index < -0.39 is 11.9 Å². The molecule has 3 rings (SSSR count). The van der Waals surface area contributed by atoms with Crippen molar-refractivity contribution in [3.05, 3.63) is 54.6 Å². The normalized spacial score (nSPS) is 16.1. The third-order valence-corrected chi connectivity index (χ3v) is 4.93. The fourth-order valence-corrected chi connectivity index (χ4v) is 3.44. The number of benzene rings is 2. The molecule has 1 heterocycles. The van der Waals surface area contributed by atoms with E-state index in [-0.39, 0.29) is 0 Å². The quantitative estimate of drug-likeness (QED) is 0.488. The summed E-state index contributed by atoms with van der Waals surface area (Å²) in [7, 11) is 0. The van der Waals surface area contributed by atoms with E-state index in [1.54, 1.807) is 0 Å².